The maximum atomic E-state index is 12.3. The first-order chi connectivity index (χ1) is 16.2. The largest absolute Gasteiger partial charge is 0.423 e. The van der Waals surface area contributed by atoms with Crippen molar-refractivity contribution >= 4 is 46.5 Å². The Labute approximate surface area is 198 Å². The van der Waals surface area contributed by atoms with Crippen LogP contribution >= 0.6 is 11.6 Å². The minimum absolute atomic E-state index is 0.158. The zero-order valence-corrected chi connectivity index (χ0v) is 18.4. The van der Waals surface area contributed by atoms with Gasteiger partial charge in [0, 0.05) is 16.8 Å². The first kappa shape index (κ1) is 24.1. The fraction of sp³-hybridized carbons (Fsp3) is 0.0435. The van der Waals surface area contributed by atoms with Crippen LogP contribution in [-0.2, 0) is 9.59 Å². The highest BCUT2D eigenvalue weighted by molar-refractivity contribution is 6.39. The number of para-hydroxylation sites is 1. The molecule has 0 aliphatic rings. The molecule has 10 nitrogen and oxygen atoms in total. The number of halogens is 1. The summed E-state index contributed by atoms with van der Waals surface area (Å²) in [5.41, 5.74) is 2.98. The number of nitro benzene ring substituents is 1. The van der Waals surface area contributed by atoms with Crippen LogP contribution in [0.2, 0.25) is 5.02 Å². The Kier molecular flexibility index (Phi) is 7.67. The summed E-state index contributed by atoms with van der Waals surface area (Å²) in [4.78, 5) is 46.7. The molecule has 0 aliphatic heterocycles. The Hall–Kier alpha value is -4.57. The van der Waals surface area contributed by atoms with Gasteiger partial charge in [0.15, 0.2) is 0 Å². The molecule has 3 aromatic carbocycles. The van der Waals surface area contributed by atoms with Crippen molar-refractivity contribution in [1.82, 2.24) is 5.43 Å². The van der Waals surface area contributed by atoms with Crippen molar-refractivity contribution in [3.8, 4) is 5.75 Å². The maximum Gasteiger partial charge on any atom is 0.350 e. The number of amides is 2. The highest BCUT2D eigenvalue weighted by atomic mass is 35.5. The summed E-state index contributed by atoms with van der Waals surface area (Å²) in [6.07, 6.45) is 0. The number of nitrogens with zero attached hydrogens (tertiary/aromatic N) is 2. The molecular weight excluding hydrogens is 464 g/mol. The summed E-state index contributed by atoms with van der Waals surface area (Å²) in [7, 11) is 0. The molecular formula is C23H17ClN4O6. The third kappa shape index (κ3) is 6.24. The van der Waals surface area contributed by atoms with Crippen molar-refractivity contribution in [2.75, 3.05) is 5.32 Å². The number of benzene rings is 3. The van der Waals surface area contributed by atoms with Crippen LogP contribution in [0.15, 0.2) is 77.9 Å². The molecule has 0 spiro atoms. The van der Waals surface area contributed by atoms with Gasteiger partial charge in [-0.1, -0.05) is 23.7 Å². The number of nitro groups is 1. The van der Waals surface area contributed by atoms with Crippen molar-refractivity contribution in [1.29, 1.82) is 0 Å². The summed E-state index contributed by atoms with van der Waals surface area (Å²) in [5.74, 6) is -2.59. The van der Waals surface area contributed by atoms with Gasteiger partial charge in [-0.05, 0) is 67.1 Å². The van der Waals surface area contributed by atoms with Crippen LogP contribution in [0, 0.1) is 10.1 Å². The van der Waals surface area contributed by atoms with Crippen molar-refractivity contribution in [3.63, 3.8) is 0 Å². The Morgan fingerprint density at radius 1 is 0.941 bits per heavy atom. The third-order valence-electron chi connectivity index (χ3n) is 4.44. The van der Waals surface area contributed by atoms with E-state index in [-0.39, 0.29) is 17.0 Å². The lowest BCUT2D eigenvalue weighted by Crippen LogP contribution is -2.32. The van der Waals surface area contributed by atoms with E-state index in [2.05, 4.69) is 15.8 Å². The van der Waals surface area contributed by atoms with Crippen molar-refractivity contribution < 1.29 is 24.0 Å². The van der Waals surface area contributed by atoms with Gasteiger partial charge >= 0.3 is 17.8 Å². The average molecular weight is 481 g/mol. The van der Waals surface area contributed by atoms with Crippen molar-refractivity contribution in [2.24, 2.45) is 5.10 Å². The van der Waals surface area contributed by atoms with E-state index < -0.39 is 22.7 Å². The molecule has 0 fully saturated rings. The fourth-order valence-corrected chi connectivity index (χ4v) is 2.83. The Morgan fingerprint density at radius 3 is 2.24 bits per heavy atom. The number of hydrogen-bond acceptors (Lipinski definition) is 7. The minimum Gasteiger partial charge on any atom is -0.423 e. The Bertz CT molecular complexity index is 1270. The molecule has 0 saturated carbocycles. The van der Waals surface area contributed by atoms with Gasteiger partial charge in [0.2, 0.25) is 0 Å². The molecule has 0 unspecified atom stereocenters. The summed E-state index contributed by atoms with van der Waals surface area (Å²) in [6, 6.07) is 17.8. The Balaban J connectivity index is 1.60. The molecule has 0 heterocycles. The smallest absolute Gasteiger partial charge is 0.350 e. The molecule has 172 valence electrons. The number of ether oxygens (including phenoxy) is 1. The van der Waals surface area contributed by atoms with Crippen LogP contribution in [0.25, 0.3) is 0 Å². The SMILES string of the molecule is C/C(=N\NC(=O)C(=O)Nc1ccc(Cl)cc1)c1ccc(OC(=O)c2ccccc2[N+](=O)[O-])cc1. The predicted octanol–water partition coefficient (Wildman–Crippen LogP) is 3.95. The standard InChI is InChI=1S/C23H17ClN4O6/c1-14(26-27-22(30)21(29)25-17-10-8-16(24)9-11-17)15-6-12-18(13-7-15)34-23(31)19-4-2-3-5-20(19)28(32)33/h2-13H,1H3,(H,25,29)(H,27,30)/b26-14+. The summed E-state index contributed by atoms with van der Waals surface area (Å²) in [6.45, 7) is 1.60. The number of esters is 1. The zero-order valence-electron chi connectivity index (χ0n) is 17.7. The van der Waals surface area contributed by atoms with E-state index in [0.29, 0.717) is 22.0 Å². The second-order valence-corrected chi connectivity index (χ2v) is 7.22. The van der Waals surface area contributed by atoms with Gasteiger partial charge in [0.1, 0.15) is 11.3 Å². The molecule has 3 rings (SSSR count). The lowest BCUT2D eigenvalue weighted by Gasteiger charge is -2.07. The van der Waals surface area contributed by atoms with Crippen LogP contribution in [-0.4, -0.2) is 28.4 Å². The second kappa shape index (κ2) is 10.8. The molecule has 34 heavy (non-hydrogen) atoms. The molecule has 0 radical (unpaired) electrons. The van der Waals surface area contributed by atoms with Gasteiger partial charge < -0.3 is 10.1 Å². The second-order valence-electron chi connectivity index (χ2n) is 6.79. The molecule has 0 saturated heterocycles. The maximum absolute atomic E-state index is 12.3. The number of nitrogens with one attached hydrogen (secondary N) is 2. The predicted molar refractivity (Wildman–Crippen MR) is 125 cm³/mol. The normalized spacial score (nSPS) is 10.8. The van der Waals surface area contributed by atoms with E-state index in [4.69, 9.17) is 16.3 Å². The van der Waals surface area contributed by atoms with Crippen LogP contribution in [0.3, 0.4) is 0 Å². The highest BCUT2D eigenvalue weighted by Crippen LogP contribution is 2.21. The van der Waals surface area contributed by atoms with Gasteiger partial charge in [-0.25, -0.2) is 10.2 Å². The quantitative estimate of drug-likeness (QED) is 0.137. The summed E-state index contributed by atoms with van der Waals surface area (Å²) < 4.78 is 5.21. The molecule has 0 aliphatic carbocycles. The molecule has 11 heteroatoms. The average Bonchev–Trinajstić information content (AvgIpc) is 2.84. The number of rotatable bonds is 6. The lowest BCUT2D eigenvalue weighted by atomic mass is 10.1. The molecule has 0 aromatic heterocycles. The molecule has 2 N–H and O–H groups in total. The van der Waals surface area contributed by atoms with Crippen molar-refractivity contribution in [3.05, 3.63) is 99.1 Å². The molecule has 0 bridgehead atoms. The van der Waals surface area contributed by atoms with Gasteiger partial charge in [-0.3, -0.25) is 19.7 Å². The molecule has 2 amide bonds. The van der Waals surface area contributed by atoms with E-state index in [1.807, 2.05) is 0 Å². The van der Waals surface area contributed by atoms with Crippen molar-refractivity contribution in [2.45, 2.75) is 6.92 Å². The van der Waals surface area contributed by atoms with Crippen LogP contribution in [0.4, 0.5) is 11.4 Å². The number of carbonyl (C=O) groups is 3. The van der Waals surface area contributed by atoms with Gasteiger partial charge in [-0.15, -0.1) is 0 Å². The van der Waals surface area contributed by atoms with Crippen LogP contribution in [0.1, 0.15) is 22.8 Å². The summed E-state index contributed by atoms with van der Waals surface area (Å²) >= 11 is 5.77. The molecule has 3 aromatic rings. The molecule has 0 atom stereocenters. The van der Waals surface area contributed by atoms with E-state index in [9.17, 15) is 24.5 Å². The van der Waals surface area contributed by atoms with E-state index in [1.165, 1.54) is 36.4 Å². The topological polar surface area (TPSA) is 140 Å². The van der Waals surface area contributed by atoms with Gasteiger partial charge in [0.05, 0.1) is 10.6 Å². The van der Waals surface area contributed by atoms with Crippen LogP contribution in [0.5, 0.6) is 5.75 Å². The first-order valence-corrected chi connectivity index (χ1v) is 10.1. The lowest BCUT2D eigenvalue weighted by molar-refractivity contribution is -0.385. The zero-order chi connectivity index (χ0) is 24.7. The van der Waals surface area contributed by atoms with Crippen LogP contribution < -0.4 is 15.5 Å². The number of carbonyl (C=O) groups excluding carboxylic acids is 3. The van der Waals surface area contributed by atoms with E-state index in [0.717, 1.165) is 0 Å². The monoisotopic (exact) mass is 480 g/mol. The van der Waals surface area contributed by atoms with E-state index >= 15 is 0 Å². The first-order valence-electron chi connectivity index (χ1n) is 9.72. The van der Waals surface area contributed by atoms with E-state index in [1.54, 1.807) is 43.3 Å². The number of anilines is 1. The summed E-state index contributed by atoms with van der Waals surface area (Å²) in [5, 5.41) is 17.9. The third-order valence-corrected chi connectivity index (χ3v) is 4.69. The van der Waals surface area contributed by atoms with Gasteiger partial charge in [-0.2, -0.15) is 5.10 Å². The number of hydrazone groups is 1. The Morgan fingerprint density at radius 2 is 1.59 bits per heavy atom. The minimum atomic E-state index is -0.968. The van der Waals surface area contributed by atoms with Gasteiger partial charge in [0.25, 0.3) is 5.69 Å². The highest BCUT2D eigenvalue weighted by Gasteiger charge is 2.21. The number of hydrogen-bond donors (Lipinski definition) is 2. The fourth-order valence-electron chi connectivity index (χ4n) is 2.70.